The molecular weight excluding hydrogens is 348 g/mol. The van der Waals surface area contributed by atoms with E-state index in [-0.39, 0.29) is 11.7 Å². The fraction of sp³-hybridized carbons (Fsp3) is 0.350. The summed E-state index contributed by atoms with van der Waals surface area (Å²) < 4.78 is 26.1. The fourth-order valence-corrected chi connectivity index (χ4v) is 4.86. The summed E-state index contributed by atoms with van der Waals surface area (Å²) in [6.07, 6.45) is 2.51. The number of nitrogens with one attached hydrogen (secondary N) is 1. The lowest BCUT2D eigenvalue weighted by molar-refractivity contribution is 0.102. The standard InChI is InChI=1S/C20H24N2O3S/c1-3-16-6-9-18(10-7-16)21-20(23)17-8-11-19(15(2)14-17)22-12-4-5-13-26(22,24)25/h6-11,14H,3-5,12-13H2,1-2H3,(H,21,23). The second-order valence-corrected chi connectivity index (χ2v) is 8.61. The van der Waals surface area contributed by atoms with Gasteiger partial charge in [-0.25, -0.2) is 8.42 Å². The Kier molecular flexibility index (Phi) is 5.32. The molecule has 0 saturated carbocycles. The number of sulfonamides is 1. The molecule has 6 heteroatoms. The van der Waals surface area contributed by atoms with Crippen molar-refractivity contribution in [1.29, 1.82) is 0 Å². The third-order valence-electron chi connectivity index (χ3n) is 4.70. The lowest BCUT2D eigenvalue weighted by atomic mass is 10.1. The minimum absolute atomic E-state index is 0.183. The van der Waals surface area contributed by atoms with Gasteiger partial charge in [0.05, 0.1) is 11.4 Å². The smallest absolute Gasteiger partial charge is 0.255 e. The normalized spacial score (nSPS) is 16.3. The lowest BCUT2D eigenvalue weighted by Crippen LogP contribution is -2.38. The van der Waals surface area contributed by atoms with E-state index in [1.54, 1.807) is 18.2 Å². The first-order valence-corrected chi connectivity index (χ1v) is 10.5. The summed E-state index contributed by atoms with van der Waals surface area (Å²) in [7, 11) is -3.25. The van der Waals surface area contributed by atoms with E-state index in [0.717, 1.165) is 24.1 Å². The molecule has 5 nitrogen and oxygen atoms in total. The van der Waals surface area contributed by atoms with Crippen LogP contribution in [0.15, 0.2) is 42.5 Å². The number of hydrogen-bond acceptors (Lipinski definition) is 3. The molecule has 0 bridgehead atoms. The minimum atomic E-state index is -3.25. The van der Waals surface area contributed by atoms with Crippen molar-refractivity contribution < 1.29 is 13.2 Å². The highest BCUT2D eigenvalue weighted by molar-refractivity contribution is 7.92. The van der Waals surface area contributed by atoms with Gasteiger partial charge in [-0.2, -0.15) is 0 Å². The van der Waals surface area contributed by atoms with Gasteiger partial charge in [-0.1, -0.05) is 19.1 Å². The number of nitrogens with zero attached hydrogens (tertiary/aromatic N) is 1. The number of amides is 1. The van der Waals surface area contributed by atoms with Crippen molar-refractivity contribution >= 4 is 27.3 Å². The zero-order chi connectivity index (χ0) is 18.7. The van der Waals surface area contributed by atoms with Crippen LogP contribution in [-0.2, 0) is 16.4 Å². The first-order valence-electron chi connectivity index (χ1n) is 8.92. The van der Waals surface area contributed by atoms with E-state index in [1.807, 2.05) is 31.2 Å². The first kappa shape index (κ1) is 18.5. The van der Waals surface area contributed by atoms with Crippen molar-refractivity contribution in [1.82, 2.24) is 0 Å². The average Bonchev–Trinajstić information content (AvgIpc) is 2.62. The van der Waals surface area contributed by atoms with E-state index in [9.17, 15) is 13.2 Å². The van der Waals surface area contributed by atoms with E-state index in [1.165, 1.54) is 9.87 Å². The molecule has 0 aromatic heterocycles. The Morgan fingerprint density at radius 3 is 2.46 bits per heavy atom. The molecule has 0 unspecified atom stereocenters. The largest absolute Gasteiger partial charge is 0.322 e. The minimum Gasteiger partial charge on any atom is -0.322 e. The maximum atomic E-state index is 12.5. The van der Waals surface area contributed by atoms with Gasteiger partial charge in [-0.05, 0) is 67.6 Å². The molecule has 1 saturated heterocycles. The van der Waals surface area contributed by atoms with Crippen LogP contribution in [0.1, 0.15) is 41.3 Å². The second-order valence-electron chi connectivity index (χ2n) is 6.60. The molecule has 1 aliphatic heterocycles. The Balaban J connectivity index is 1.79. The van der Waals surface area contributed by atoms with Crippen molar-refractivity contribution in [3.05, 3.63) is 59.2 Å². The van der Waals surface area contributed by atoms with Gasteiger partial charge in [0.1, 0.15) is 0 Å². The van der Waals surface area contributed by atoms with Crippen LogP contribution in [0.4, 0.5) is 11.4 Å². The van der Waals surface area contributed by atoms with Crippen LogP contribution in [0.25, 0.3) is 0 Å². The van der Waals surface area contributed by atoms with E-state index >= 15 is 0 Å². The predicted octanol–water partition coefficient (Wildman–Crippen LogP) is 3.74. The number of rotatable bonds is 4. The molecule has 138 valence electrons. The van der Waals surface area contributed by atoms with Gasteiger partial charge >= 0.3 is 0 Å². The van der Waals surface area contributed by atoms with Crippen molar-refractivity contribution in [3.8, 4) is 0 Å². The Morgan fingerprint density at radius 1 is 1.12 bits per heavy atom. The summed E-state index contributed by atoms with van der Waals surface area (Å²) in [5, 5.41) is 2.88. The molecule has 1 amide bonds. The van der Waals surface area contributed by atoms with E-state index in [0.29, 0.717) is 24.2 Å². The van der Waals surface area contributed by atoms with Gasteiger partial charge in [-0.15, -0.1) is 0 Å². The quantitative estimate of drug-likeness (QED) is 0.889. The summed E-state index contributed by atoms with van der Waals surface area (Å²) in [4.78, 5) is 12.5. The third kappa shape index (κ3) is 3.90. The van der Waals surface area contributed by atoms with E-state index < -0.39 is 10.0 Å². The number of benzene rings is 2. The van der Waals surface area contributed by atoms with Crippen LogP contribution in [-0.4, -0.2) is 26.6 Å². The van der Waals surface area contributed by atoms with Crippen molar-refractivity contribution in [2.45, 2.75) is 33.1 Å². The molecule has 0 radical (unpaired) electrons. The van der Waals surface area contributed by atoms with Gasteiger partial charge in [0.15, 0.2) is 0 Å². The summed E-state index contributed by atoms with van der Waals surface area (Å²) >= 11 is 0. The molecule has 1 fully saturated rings. The summed E-state index contributed by atoms with van der Waals surface area (Å²) in [6, 6.07) is 12.9. The monoisotopic (exact) mass is 372 g/mol. The molecule has 1 aliphatic rings. The van der Waals surface area contributed by atoms with Crippen LogP contribution in [0.2, 0.25) is 0 Å². The molecule has 3 rings (SSSR count). The fourth-order valence-electron chi connectivity index (χ4n) is 3.16. The zero-order valence-electron chi connectivity index (χ0n) is 15.2. The molecule has 1 N–H and O–H groups in total. The van der Waals surface area contributed by atoms with Crippen molar-refractivity contribution in [2.75, 3.05) is 21.9 Å². The highest BCUT2D eigenvalue weighted by Crippen LogP contribution is 2.27. The maximum Gasteiger partial charge on any atom is 0.255 e. The van der Waals surface area contributed by atoms with Gasteiger partial charge < -0.3 is 5.32 Å². The van der Waals surface area contributed by atoms with Crippen LogP contribution >= 0.6 is 0 Å². The Morgan fingerprint density at radius 2 is 1.85 bits per heavy atom. The Bertz CT molecular complexity index is 905. The molecule has 26 heavy (non-hydrogen) atoms. The van der Waals surface area contributed by atoms with Gasteiger partial charge in [0.25, 0.3) is 5.91 Å². The topological polar surface area (TPSA) is 66.5 Å². The SMILES string of the molecule is CCc1ccc(NC(=O)c2ccc(N3CCCCS3(=O)=O)c(C)c2)cc1. The average molecular weight is 372 g/mol. The van der Waals surface area contributed by atoms with Crippen LogP contribution in [0.3, 0.4) is 0 Å². The van der Waals surface area contributed by atoms with Crippen LogP contribution in [0, 0.1) is 6.92 Å². The molecule has 0 atom stereocenters. The molecule has 0 aliphatic carbocycles. The van der Waals surface area contributed by atoms with Gasteiger partial charge in [0, 0.05) is 17.8 Å². The van der Waals surface area contributed by atoms with E-state index in [2.05, 4.69) is 12.2 Å². The van der Waals surface area contributed by atoms with Crippen molar-refractivity contribution in [3.63, 3.8) is 0 Å². The molecule has 0 spiro atoms. The Hall–Kier alpha value is -2.34. The van der Waals surface area contributed by atoms with E-state index in [4.69, 9.17) is 0 Å². The number of anilines is 2. The maximum absolute atomic E-state index is 12.5. The highest BCUT2D eigenvalue weighted by Gasteiger charge is 2.27. The van der Waals surface area contributed by atoms with Gasteiger partial charge in [0.2, 0.25) is 10.0 Å². The predicted molar refractivity (Wildman–Crippen MR) is 105 cm³/mol. The Labute approximate surface area is 155 Å². The number of hydrogen-bond donors (Lipinski definition) is 1. The zero-order valence-corrected chi connectivity index (χ0v) is 16.0. The molecule has 1 heterocycles. The van der Waals surface area contributed by atoms with Crippen molar-refractivity contribution in [2.24, 2.45) is 0 Å². The van der Waals surface area contributed by atoms with Gasteiger partial charge in [-0.3, -0.25) is 9.10 Å². The highest BCUT2D eigenvalue weighted by atomic mass is 32.2. The van der Waals surface area contributed by atoms with Crippen LogP contribution in [0.5, 0.6) is 0 Å². The summed E-state index contributed by atoms with van der Waals surface area (Å²) in [6.45, 7) is 4.42. The number of carbonyl (C=O) groups is 1. The van der Waals surface area contributed by atoms with Crippen LogP contribution < -0.4 is 9.62 Å². The summed E-state index contributed by atoms with van der Waals surface area (Å²) in [5.74, 6) is -0.0204. The third-order valence-corrected chi connectivity index (χ3v) is 6.55. The molecule has 2 aromatic carbocycles. The number of aryl methyl sites for hydroxylation is 2. The first-order chi connectivity index (χ1) is 12.4. The lowest BCUT2D eigenvalue weighted by Gasteiger charge is -2.29. The molecule has 2 aromatic rings. The summed E-state index contributed by atoms with van der Waals surface area (Å²) in [5.41, 5.74) is 3.91. The molecular formula is C20H24N2O3S. The second kappa shape index (κ2) is 7.50. The number of carbonyl (C=O) groups excluding carboxylic acids is 1.